The van der Waals surface area contributed by atoms with Crippen molar-refractivity contribution in [2.45, 2.75) is 76.5 Å². The lowest BCUT2D eigenvalue weighted by molar-refractivity contribution is 0.334. The standard InChI is InChI=1S/C13H25Cl/c1-2-3-4-5-6-9-12-10-7-8-11-13(12)14/h12-13H,2-11H2,1H3. The van der Waals surface area contributed by atoms with E-state index in [9.17, 15) is 0 Å². The van der Waals surface area contributed by atoms with E-state index >= 15 is 0 Å². The van der Waals surface area contributed by atoms with Crippen molar-refractivity contribution >= 4 is 11.6 Å². The molecule has 0 radical (unpaired) electrons. The Morgan fingerprint density at radius 2 is 1.71 bits per heavy atom. The molecular weight excluding hydrogens is 192 g/mol. The summed E-state index contributed by atoms with van der Waals surface area (Å²) in [5.41, 5.74) is 0. The highest BCUT2D eigenvalue weighted by Crippen LogP contribution is 2.32. The maximum Gasteiger partial charge on any atom is 0.0364 e. The lowest BCUT2D eigenvalue weighted by Crippen LogP contribution is -2.19. The lowest BCUT2D eigenvalue weighted by atomic mass is 9.85. The number of halogens is 1. The molecule has 84 valence electrons. The van der Waals surface area contributed by atoms with Crippen molar-refractivity contribution in [2.75, 3.05) is 0 Å². The molecule has 0 aromatic rings. The normalized spacial score (nSPS) is 27.9. The SMILES string of the molecule is CCCCCCCC1CCCCC1Cl. The second-order valence-corrected chi connectivity index (χ2v) is 5.32. The molecule has 0 spiro atoms. The van der Waals surface area contributed by atoms with E-state index in [-0.39, 0.29) is 0 Å². The molecule has 1 aliphatic carbocycles. The highest BCUT2D eigenvalue weighted by molar-refractivity contribution is 6.20. The molecule has 0 aromatic carbocycles. The molecule has 0 aromatic heterocycles. The predicted molar refractivity (Wildman–Crippen MR) is 65.0 cm³/mol. The zero-order valence-electron chi connectivity index (χ0n) is 9.60. The van der Waals surface area contributed by atoms with Gasteiger partial charge < -0.3 is 0 Å². The van der Waals surface area contributed by atoms with Gasteiger partial charge in [0, 0.05) is 5.38 Å². The quantitative estimate of drug-likeness (QED) is 0.426. The zero-order chi connectivity index (χ0) is 10.2. The summed E-state index contributed by atoms with van der Waals surface area (Å²) in [6.07, 6.45) is 13.8. The largest absolute Gasteiger partial charge is 0.123 e. The van der Waals surface area contributed by atoms with E-state index in [0.717, 1.165) is 5.92 Å². The molecule has 0 nitrogen and oxygen atoms in total. The molecule has 0 saturated heterocycles. The molecule has 0 amide bonds. The molecule has 14 heavy (non-hydrogen) atoms. The van der Waals surface area contributed by atoms with E-state index in [1.807, 2.05) is 0 Å². The van der Waals surface area contributed by atoms with Gasteiger partial charge in [0.05, 0.1) is 0 Å². The third kappa shape index (κ3) is 4.68. The average Bonchev–Trinajstić information content (AvgIpc) is 2.20. The predicted octanol–water partition coefficient (Wildman–Crippen LogP) is 5.14. The van der Waals surface area contributed by atoms with E-state index in [1.54, 1.807) is 0 Å². The first-order valence-electron chi connectivity index (χ1n) is 6.48. The Hall–Kier alpha value is 0.290. The van der Waals surface area contributed by atoms with E-state index in [4.69, 9.17) is 11.6 Å². The summed E-state index contributed by atoms with van der Waals surface area (Å²) in [6, 6.07) is 0. The smallest absolute Gasteiger partial charge is 0.0364 e. The number of hydrogen-bond donors (Lipinski definition) is 0. The summed E-state index contributed by atoms with van der Waals surface area (Å²) in [7, 11) is 0. The van der Waals surface area contributed by atoms with Crippen LogP contribution < -0.4 is 0 Å². The highest BCUT2D eigenvalue weighted by atomic mass is 35.5. The molecule has 1 saturated carbocycles. The Morgan fingerprint density at radius 1 is 1.00 bits per heavy atom. The minimum Gasteiger partial charge on any atom is -0.123 e. The Bertz CT molecular complexity index is 133. The van der Waals surface area contributed by atoms with Crippen molar-refractivity contribution in [3.05, 3.63) is 0 Å². The van der Waals surface area contributed by atoms with Gasteiger partial charge in [0.25, 0.3) is 0 Å². The number of rotatable bonds is 6. The first-order chi connectivity index (χ1) is 6.84. The first kappa shape index (κ1) is 12.4. The molecule has 1 rings (SSSR count). The van der Waals surface area contributed by atoms with Crippen LogP contribution in [0.1, 0.15) is 71.1 Å². The molecule has 2 unspecified atom stereocenters. The maximum atomic E-state index is 6.32. The van der Waals surface area contributed by atoms with Crippen LogP contribution in [0, 0.1) is 5.92 Å². The van der Waals surface area contributed by atoms with Crippen molar-refractivity contribution in [1.29, 1.82) is 0 Å². The molecule has 0 heterocycles. The van der Waals surface area contributed by atoms with Crippen molar-refractivity contribution in [2.24, 2.45) is 5.92 Å². The Labute approximate surface area is 94.4 Å². The molecule has 1 fully saturated rings. The highest BCUT2D eigenvalue weighted by Gasteiger charge is 2.22. The van der Waals surface area contributed by atoms with Crippen molar-refractivity contribution in [3.63, 3.8) is 0 Å². The second kappa shape index (κ2) is 7.56. The average molecular weight is 217 g/mol. The Morgan fingerprint density at radius 3 is 2.43 bits per heavy atom. The van der Waals surface area contributed by atoms with Gasteiger partial charge in [-0.05, 0) is 25.2 Å². The number of hydrogen-bond acceptors (Lipinski definition) is 0. The topological polar surface area (TPSA) is 0 Å². The van der Waals surface area contributed by atoms with E-state index in [0.29, 0.717) is 5.38 Å². The van der Waals surface area contributed by atoms with Crippen molar-refractivity contribution in [1.82, 2.24) is 0 Å². The lowest BCUT2D eigenvalue weighted by Gasteiger charge is -2.26. The number of alkyl halides is 1. The monoisotopic (exact) mass is 216 g/mol. The minimum absolute atomic E-state index is 0.495. The van der Waals surface area contributed by atoms with Crippen molar-refractivity contribution < 1.29 is 0 Å². The molecule has 0 N–H and O–H groups in total. The minimum atomic E-state index is 0.495. The summed E-state index contributed by atoms with van der Waals surface area (Å²) in [5.74, 6) is 0.840. The fourth-order valence-corrected chi connectivity index (χ4v) is 2.90. The first-order valence-corrected chi connectivity index (χ1v) is 6.92. The van der Waals surface area contributed by atoms with Gasteiger partial charge in [-0.2, -0.15) is 0 Å². The van der Waals surface area contributed by atoms with E-state index < -0.39 is 0 Å². The van der Waals surface area contributed by atoms with Gasteiger partial charge in [-0.1, -0.05) is 51.9 Å². The maximum absolute atomic E-state index is 6.32. The second-order valence-electron chi connectivity index (χ2n) is 4.76. The summed E-state index contributed by atoms with van der Waals surface area (Å²) in [6.45, 7) is 2.27. The number of unbranched alkanes of at least 4 members (excludes halogenated alkanes) is 4. The van der Waals surface area contributed by atoms with Gasteiger partial charge in [-0.3, -0.25) is 0 Å². The molecule has 1 heteroatoms. The van der Waals surface area contributed by atoms with Crippen LogP contribution in [-0.2, 0) is 0 Å². The Balaban J connectivity index is 1.99. The summed E-state index contributed by atoms with van der Waals surface area (Å²) in [5, 5.41) is 0.495. The van der Waals surface area contributed by atoms with Crippen molar-refractivity contribution in [3.8, 4) is 0 Å². The van der Waals surface area contributed by atoms with Crippen LogP contribution in [0.4, 0.5) is 0 Å². The van der Waals surface area contributed by atoms with Crippen LogP contribution in [0.15, 0.2) is 0 Å². The molecule has 0 bridgehead atoms. The van der Waals surface area contributed by atoms with Crippen LogP contribution in [0.3, 0.4) is 0 Å². The third-order valence-corrected chi connectivity index (χ3v) is 4.07. The van der Waals surface area contributed by atoms with Crippen LogP contribution in [-0.4, -0.2) is 5.38 Å². The van der Waals surface area contributed by atoms with Gasteiger partial charge in [-0.15, -0.1) is 11.6 Å². The summed E-state index contributed by atoms with van der Waals surface area (Å²) >= 11 is 6.32. The molecule has 1 aliphatic rings. The van der Waals surface area contributed by atoms with Gasteiger partial charge in [-0.25, -0.2) is 0 Å². The van der Waals surface area contributed by atoms with E-state index in [1.165, 1.54) is 64.2 Å². The van der Waals surface area contributed by atoms with Crippen LogP contribution in [0.2, 0.25) is 0 Å². The van der Waals surface area contributed by atoms with E-state index in [2.05, 4.69) is 6.92 Å². The van der Waals surface area contributed by atoms with Gasteiger partial charge in [0.2, 0.25) is 0 Å². The van der Waals surface area contributed by atoms with Gasteiger partial charge in [0.1, 0.15) is 0 Å². The summed E-state index contributed by atoms with van der Waals surface area (Å²) in [4.78, 5) is 0. The van der Waals surface area contributed by atoms with Gasteiger partial charge >= 0.3 is 0 Å². The molecular formula is C13H25Cl. The summed E-state index contributed by atoms with van der Waals surface area (Å²) < 4.78 is 0. The van der Waals surface area contributed by atoms with Gasteiger partial charge in [0.15, 0.2) is 0 Å². The fourth-order valence-electron chi connectivity index (χ4n) is 2.50. The van der Waals surface area contributed by atoms with Crippen LogP contribution in [0.25, 0.3) is 0 Å². The zero-order valence-corrected chi connectivity index (χ0v) is 10.4. The van der Waals surface area contributed by atoms with Crippen LogP contribution >= 0.6 is 11.6 Å². The molecule has 0 aliphatic heterocycles. The molecule has 2 atom stereocenters. The fraction of sp³-hybridized carbons (Fsp3) is 1.00. The Kier molecular flexibility index (Phi) is 6.68. The van der Waals surface area contributed by atoms with Crippen LogP contribution in [0.5, 0.6) is 0 Å². The third-order valence-electron chi connectivity index (χ3n) is 3.49.